The van der Waals surface area contributed by atoms with E-state index in [9.17, 15) is 22.0 Å². The van der Waals surface area contributed by atoms with Crippen LogP contribution in [0.1, 0.15) is 27.2 Å². The number of alkyl halides is 5. The maximum Gasteiger partial charge on any atom is 0.423 e. The minimum Gasteiger partial charge on any atom is -0.360 e. The Balaban J connectivity index is 3.19. The molecule has 6 heteroatoms. The minimum absolute atomic E-state index is 0.0638. The van der Waals surface area contributed by atoms with Gasteiger partial charge in [0.05, 0.1) is 12.0 Å². The molecule has 0 spiro atoms. The van der Waals surface area contributed by atoms with Gasteiger partial charge in [-0.05, 0) is 13.3 Å². The first-order valence-electron chi connectivity index (χ1n) is 4.60. The van der Waals surface area contributed by atoms with Crippen molar-refractivity contribution in [2.75, 3.05) is 6.61 Å². The molecule has 1 saturated heterocycles. The van der Waals surface area contributed by atoms with Crippen LogP contribution in [0.5, 0.6) is 0 Å². The van der Waals surface area contributed by atoms with Crippen LogP contribution in [0, 0.1) is 5.41 Å². The van der Waals surface area contributed by atoms with Gasteiger partial charge in [-0.2, -0.15) is 13.2 Å². The Morgan fingerprint density at radius 1 is 1.20 bits per heavy atom. The standard InChI is InChI=1S/C9H13F5O/c1-4-6(2)5-15-7(3,8(6,10)11)9(12,13)14/h4-5H2,1-3H3. The molecular weight excluding hydrogens is 219 g/mol. The lowest BCUT2D eigenvalue weighted by molar-refractivity contribution is -0.316. The van der Waals surface area contributed by atoms with E-state index in [1.165, 1.54) is 6.92 Å². The molecule has 0 bridgehead atoms. The monoisotopic (exact) mass is 232 g/mol. The van der Waals surface area contributed by atoms with Crippen LogP contribution in [0.3, 0.4) is 0 Å². The average Bonchev–Trinajstić information content (AvgIpc) is 2.27. The first kappa shape index (κ1) is 12.7. The van der Waals surface area contributed by atoms with E-state index in [2.05, 4.69) is 4.74 Å². The lowest BCUT2D eigenvalue weighted by Gasteiger charge is -2.37. The van der Waals surface area contributed by atoms with E-state index >= 15 is 0 Å². The number of rotatable bonds is 1. The van der Waals surface area contributed by atoms with Crippen LogP contribution in [-0.4, -0.2) is 24.3 Å². The Bertz CT molecular complexity index is 262. The molecule has 0 aromatic heterocycles. The molecule has 2 unspecified atom stereocenters. The molecule has 1 heterocycles. The molecule has 1 aliphatic heterocycles. The smallest absolute Gasteiger partial charge is 0.360 e. The third-order valence-corrected chi connectivity index (χ3v) is 3.36. The zero-order chi connectivity index (χ0) is 12.1. The fourth-order valence-electron chi connectivity index (χ4n) is 1.64. The molecule has 0 aromatic rings. The summed E-state index contributed by atoms with van der Waals surface area (Å²) in [5, 5.41) is 0. The fraction of sp³-hybridized carbons (Fsp3) is 1.00. The number of hydrogen-bond donors (Lipinski definition) is 0. The highest BCUT2D eigenvalue weighted by atomic mass is 19.4. The quantitative estimate of drug-likeness (QED) is 0.629. The zero-order valence-electron chi connectivity index (χ0n) is 8.71. The van der Waals surface area contributed by atoms with Gasteiger partial charge in [-0.25, -0.2) is 8.78 Å². The van der Waals surface area contributed by atoms with Gasteiger partial charge in [-0.3, -0.25) is 0 Å². The van der Waals surface area contributed by atoms with Crippen molar-refractivity contribution in [2.45, 2.75) is 44.9 Å². The van der Waals surface area contributed by atoms with E-state index in [-0.39, 0.29) is 6.42 Å². The summed E-state index contributed by atoms with van der Waals surface area (Å²) in [6.07, 6.45) is -5.13. The molecule has 1 fully saturated rings. The summed E-state index contributed by atoms with van der Waals surface area (Å²) in [6.45, 7) is 2.38. The van der Waals surface area contributed by atoms with Crippen molar-refractivity contribution in [3.05, 3.63) is 0 Å². The normalized spacial score (nSPS) is 40.8. The molecule has 90 valence electrons. The zero-order valence-corrected chi connectivity index (χ0v) is 8.71. The van der Waals surface area contributed by atoms with E-state index in [4.69, 9.17) is 0 Å². The molecule has 15 heavy (non-hydrogen) atoms. The van der Waals surface area contributed by atoms with Crippen molar-refractivity contribution < 1.29 is 26.7 Å². The predicted octanol–water partition coefficient (Wildman–Crippen LogP) is 3.39. The summed E-state index contributed by atoms with van der Waals surface area (Å²) in [5.74, 6) is -3.91. The van der Waals surface area contributed by atoms with E-state index in [1.54, 1.807) is 0 Å². The maximum absolute atomic E-state index is 13.7. The van der Waals surface area contributed by atoms with Crippen molar-refractivity contribution in [1.29, 1.82) is 0 Å². The van der Waals surface area contributed by atoms with Gasteiger partial charge in [-0.1, -0.05) is 13.8 Å². The average molecular weight is 232 g/mol. The van der Waals surface area contributed by atoms with Crippen LogP contribution >= 0.6 is 0 Å². The van der Waals surface area contributed by atoms with Crippen LogP contribution in [0.25, 0.3) is 0 Å². The molecule has 1 aliphatic rings. The molecule has 0 N–H and O–H groups in total. The molecule has 0 saturated carbocycles. The van der Waals surface area contributed by atoms with E-state index in [0.717, 1.165) is 6.92 Å². The number of halogens is 5. The highest BCUT2D eigenvalue weighted by Gasteiger charge is 2.77. The minimum atomic E-state index is -5.07. The lowest BCUT2D eigenvalue weighted by atomic mass is 9.76. The summed E-state index contributed by atoms with van der Waals surface area (Å²) >= 11 is 0. The van der Waals surface area contributed by atoms with Crippen LogP contribution < -0.4 is 0 Å². The van der Waals surface area contributed by atoms with Gasteiger partial charge in [0.1, 0.15) is 0 Å². The Morgan fingerprint density at radius 3 is 1.87 bits per heavy atom. The second-order valence-electron chi connectivity index (χ2n) is 4.31. The number of ether oxygens (including phenoxy) is 1. The van der Waals surface area contributed by atoms with Gasteiger partial charge in [0.15, 0.2) is 0 Å². The highest BCUT2D eigenvalue weighted by Crippen LogP contribution is 2.59. The highest BCUT2D eigenvalue weighted by molar-refractivity contribution is 5.10. The van der Waals surface area contributed by atoms with Crippen LogP contribution in [-0.2, 0) is 4.74 Å². The predicted molar refractivity (Wildman–Crippen MR) is 43.8 cm³/mol. The lowest BCUT2D eigenvalue weighted by Crippen LogP contribution is -2.58. The van der Waals surface area contributed by atoms with Crippen molar-refractivity contribution in [2.24, 2.45) is 5.41 Å². The SMILES string of the molecule is CCC1(C)COC(C)(C(F)(F)F)C1(F)F. The Hall–Kier alpha value is -0.390. The van der Waals surface area contributed by atoms with Crippen molar-refractivity contribution in [3.63, 3.8) is 0 Å². The van der Waals surface area contributed by atoms with Gasteiger partial charge in [0, 0.05) is 0 Å². The first-order chi connectivity index (χ1) is 6.52. The van der Waals surface area contributed by atoms with Gasteiger partial charge < -0.3 is 4.74 Å². The van der Waals surface area contributed by atoms with E-state index in [0.29, 0.717) is 6.92 Å². The van der Waals surface area contributed by atoms with Gasteiger partial charge in [-0.15, -0.1) is 0 Å². The van der Waals surface area contributed by atoms with Crippen molar-refractivity contribution in [1.82, 2.24) is 0 Å². The molecule has 0 amide bonds. The summed E-state index contributed by atoms with van der Waals surface area (Å²) in [7, 11) is 0. The molecule has 0 aliphatic carbocycles. The summed E-state index contributed by atoms with van der Waals surface area (Å²) in [6, 6.07) is 0. The molecule has 1 rings (SSSR count). The summed E-state index contributed by atoms with van der Waals surface area (Å²) < 4.78 is 69.3. The van der Waals surface area contributed by atoms with Crippen molar-refractivity contribution >= 4 is 0 Å². The molecule has 1 nitrogen and oxygen atoms in total. The van der Waals surface area contributed by atoms with Crippen molar-refractivity contribution in [3.8, 4) is 0 Å². The Morgan fingerprint density at radius 2 is 1.67 bits per heavy atom. The van der Waals surface area contributed by atoms with Gasteiger partial charge in [0.2, 0.25) is 5.60 Å². The van der Waals surface area contributed by atoms with E-state index in [1.807, 2.05) is 0 Å². The topological polar surface area (TPSA) is 9.23 Å². The summed E-state index contributed by atoms with van der Waals surface area (Å²) in [4.78, 5) is 0. The molecular formula is C9H13F5O. The maximum atomic E-state index is 13.7. The molecule has 0 radical (unpaired) electrons. The summed E-state index contributed by atoms with van der Waals surface area (Å²) in [5.41, 5.74) is -5.12. The second-order valence-corrected chi connectivity index (χ2v) is 4.31. The second kappa shape index (κ2) is 3.06. The Kier molecular flexibility index (Phi) is 2.58. The molecule has 0 aromatic carbocycles. The van der Waals surface area contributed by atoms with Gasteiger partial charge in [0.25, 0.3) is 5.92 Å². The third kappa shape index (κ3) is 1.37. The molecule has 2 atom stereocenters. The van der Waals surface area contributed by atoms with Crippen LogP contribution in [0.4, 0.5) is 22.0 Å². The third-order valence-electron chi connectivity index (χ3n) is 3.36. The Labute approximate surface area is 84.6 Å². The fourth-order valence-corrected chi connectivity index (χ4v) is 1.64. The van der Waals surface area contributed by atoms with Gasteiger partial charge >= 0.3 is 6.18 Å². The van der Waals surface area contributed by atoms with Crippen LogP contribution in [0.15, 0.2) is 0 Å². The number of hydrogen-bond acceptors (Lipinski definition) is 1. The van der Waals surface area contributed by atoms with Crippen LogP contribution in [0.2, 0.25) is 0 Å². The van der Waals surface area contributed by atoms with E-state index < -0.39 is 29.7 Å². The largest absolute Gasteiger partial charge is 0.423 e. The first-order valence-corrected chi connectivity index (χ1v) is 4.60.